The van der Waals surface area contributed by atoms with Crippen LogP contribution in [0.25, 0.3) is 0 Å². The Morgan fingerprint density at radius 2 is 1.83 bits per heavy atom. The van der Waals surface area contributed by atoms with Gasteiger partial charge in [0.15, 0.2) is 0 Å². The van der Waals surface area contributed by atoms with Crippen molar-refractivity contribution < 1.29 is 9.53 Å². The fourth-order valence-corrected chi connectivity index (χ4v) is 1.32. The number of rotatable bonds is 6. The molecule has 0 radical (unpaired) electrons. The van der Waals surface area contributed by atoms with Gasteiger partial charge in [0.1, 0.15) is 0 Å². The molecule has 0 saturated carbocycles. The average Bonchev–Trinajstić information content (AvgIpc) is 2.34. The highest BCUT2D eigenvalue weighted by molar-refractivity contribution is 5.89. The van der Waals surface area contributed by atoms with Crippen molar-refractivity contribution in [2.24, 2.45) is 5.92 Å². The number of hydrazine groups is 1. The number of benzene rings is 1. The van der Waals surface area contributed by atoms with E-state index >= 15 is 0 Å². The van der Waals surface area contributed by atoms with Crippen LogP contribution in [0.2, 0.25) is 0 Å². The van der Waals surface area contributed by atoms with E-state index in [1.54, 1.807) is 12.1 Å². The van der Waals surface area contributed by atoms with Crippen LogP contribution in [0.1, 0.15) is 29.8 Å². The van der Waals surface area contributed by atoms with Crippen molar-refractivity contribution >= 4 is 18.4 Å². The number of hydrogen-bond acceptors (Lipinski definition) is 4. The van der Waals surface area contributed by atoms with Gasteiger partial charge in [-0.1, -0.05) is 26.0 Å². The van der Waals surface area contributed by atoms with Crippen LogP contribution < -0.4 is 10.9 Å². The Balaban J connectivity index is 0.00000289. The Morgan fingerprint density at radius 3 is 2.33 bits per heavy atom. The summed E-state index contributed by atoms with van der Waals surface area (Å²) in [7, 11) is 1.38. The van der Waals surface area contributed by atoms with E-state index < -0.39 is 0 Å². The molecular formula is C13H21ClN2O2. The Bertz CT molecular complexity index is 353. The van der Waals surface area contributed by atoms with Crippen molar-refractivity contribution in [1.82, 2.24) is 10.9 Å². The zero-order valence-electron chi connectivity index (χ0n) is 11.0. The van der Waals surface area contributed by atoms with Crippen molar-refractivity contribution in [3.05, 3.63) is 35.4 Å². The normalized spacial score (nSPS) is 10.0. The number of carbonyl (C=O) groups is 1. The van der Waals surface area contributed by atoms with Crippen molar-refractivity contribution in [2.75, 3.05) is 13.7 Å². The maximum Gasteiger partial charge on any atom is 0.337 e. The molecular weight excluding hydrogens is 252 g/mol. The van der Waals surface area contributed by atoms with Gasteiger partial charge >= 0.3 is 5.97 Å². The average molecular weight is 273 g/mol. The fourth-order valence-electron chi connectivity index (χ4n) is 1.32. The molecule has 1 aromatic rings. The first-order valence-corrected chi connectivity index (χ1v) is 5.76. The van der Waals surface area contributed by atoms with Gasteiger partial charge in [-0.3, -0.25) is 10.9 Å². The topological polar surface area (TPSA) is 50.4 Å². The van der Waals surface area contributed by atoms with Crippen LogP contribution in [-0.4, -0.2) is 19.6 Å². The van der Waals surface area contributed by atoms with Gasteiger partial charge in [0.25, 0.3) is 0 Å². The minimum Gasteiger partial charge on any atom is -0.465 e. The van der Waals surface area contributed by atoms with E-state index in [-0.39, 0.29) is 18.4 Å². The SMILES string of the molecule is COC(=O)c1ccc(CNNCC(C)C)cc1.Cl. The maximum atomic E-state index is 11.2. The second-order valence-corrected chi connectivity index (χ2v) is 4.32. The molecule has 1 rings (SSSR count). The van der Waals surface area contributed by atoms with Crippen LogP contribution in [0, 0.1) is 5.92 Å². The standard InChI is InChI=1S/C13H20N2O2.ClH/c1-10(2)8-14-15-9-11-4-6-12(7-5-11)13(16)17-3;/h4-7,10,14-15H,8-9H2,1-3H3;1H. The summed E-state index contributed by atoms with van der Waals surface area (Å²) in [6, 6.07) is 7.36. The summed E-state index contributed by atoms with van der Waals surface area (Å²) >= 11 is 0. The Labute approximate surface area is 114 Å². The van der Waals surface area contributed by atoms with E-state index in [1.807, 2.05) is 12.1 Å². The highest BCUT2D eigenvalue weighted by Crippen LogP contribution is 2.05. The Kier molecular flexibility index (Phi) is 8.37. The quantitative estimate of drug-likeness (QED) is 0.473. The number of hydrogen-bond donors (Lipinski definition) is 2. The summed E-state index contributed by atoms with van der Waals surface area (Å²) in [5, 5.41) is 0. The van der Waals surface area contributed by atoms with Gasteiger partial charge in [-0.05, 0) is 23.6 Å². The number of esters is 1. The van der Waals surface area contributed by atoms with Crippen LogP contribution in [-0.2, 0) is 11.3 Å². The Morgan fingerprint density at radius 1 is 1.22 bits per heavy atom. The molecule has 0 aromatic heterocycles. The number of nitrogens with one attached hydrogen (secondary N) is 2. The third kappa shape index (κ3) is 6.00. The first kappa shape index (κ1) is 16.9. The molecule has 0 unspecified atom stereocenters. The lowest BCUT2D eigenvalue weighted by Gasteiger charge is -2.09. The number of methoxy groups -OCH3 is 1. The molecule has 2 N–H and O–H groups in total. The predicted octanol–water partition coefficient (Wildman–Crippen LogP) is 2.15. The molecule has 0 fully saturated rings. The zero-order chi connectivity index (χ0) is 12.7. The van der Waals surface area contributed by atoms with E-state index in [9.17, 15) is 4.79 Å². The second kappa shape index (κ2) is 8.91. The lowest BCUT2D eigenvalue weighted by atomic mass is 10.1. The van der Waals surface area contributed by atoms with Crippen molar-refractivity contribution in [2.45, 2.75) is 20.4 Å². The molecule has 0 amide bonds. The van der Waals surface area contributed by atoms with E-state index in [4.69, 9.17) is 0 Å². The first-order valence-electron chi connectivity index (χ1n) is 5.76. The molecule has 5 heteroatoms. The molecule has 0 saturated heterocycles. The summed E-state index contributed by atoms with van der Waals surface area (Å²) in [5.74, 6) is 0.312. The van der Waals surface area contributed by atoms with E-state index in [2.05, 4.69) is 29.4 Å². The third-order valence-corrected chi connectivity index (χ3v) is 2.30. The molecule has 0 aliphatic carbocycles. The lowest BCUT2D eigenvalue weighted by molar-refractivity contribution is 0.0600. The molecule has 4 nitrogen and oxygen atoms in total. The highest BCUT2D eigenvalue weighted by atomic mass is 35.5. The van der Waals surface area contributed by atoms with Gasteiger partial charge in [0.05, 0.1) is 12.7 Å². The molecule has 0 bridgehead atoms. The smallest absolute Gasteiger partial charge is 0.337 e. The number of halogens is 1. The number of carbonyl (C=O) groups excluding carboxylic acids is 1. The second-order valence-electron chi connectivity index (χ2n) is 4.32. The molecule has 0 spiro atoms. The molecule has 1 aromatic carbocycles. The van der Waals surface area contributed by atoms with Gasteiger partial charge in [-0.15, -0.1) is 12.4 Å². The fraction of sp³-hybridized carbons (Fsp3) is 0.462. The van der Waals surface area contributed by atoms with E-state index in [1.165, 1.54) is 7.11 Å². The predicted molar refractivity (Wildman–Crippen MR) is 74.7 cm³/mol. The summed E-state index contributed by atoms with van der Waals surface area (Å²) in [6.07, 6.45) is 0. The van der Waals surface area contributed by atoms with Crippen LogP contribution >= 0.6 is 12.4 Å². The van der Waals surface area contributed by atoms with Crippen LogP contribution in [0.4, 0.5) is 0 Å². The van der Waals surface area contributed by atoms with Gasteiger partial charge in [0.2, 0.25) is 0 Å². The third-order valence-electron chi connectivity index (χ3n) is 2.30. The van der Waals surface area contributed by atoms with Crippen LogP contribution in [0.3, 0.4) is 0 Å². The molecule has 0 atom stereocenters. The summed E-state index contributed by atoms with van der Waals surface area (Å²) in [4.78, 5) is 11.2. The zero-order valence-corrected chi connectivity index (χ0v) is 11.8. The van der Waals surface area contributed by atoms with Crippen molar-refractivity contribution in [1.29, 1.82) is 0 Å². The molecule has 0 heterocycles. The monoisotopic (exact) mass is 272 g/mol. The lowest BCUT2D eigenvalue weighted by Crippen LogP contribution is -2.34. The summed E-state index contributed by atoms with van der Waals surface area (Å²) in [6.45, 7) is 5.97. The highest BCUT2D eigenvalue weighted by Gasteiger charge is 2.03. The van der Waals surface area contributed by atoms with Gasteiger partial charge in [0, 0.05) is 13.1 Å². The van der Waals surface area contributed by atoms with Crippen molar-refractivity contribution in [3.63, 3.8) is 0 Å². The maximum absolute atomic E-state index is 11.2. The molecule has 0 aliphatic rings. The van der Waals surface area contributed by atoms with Crippen LogP contribution in [0.15, 0.2) is 24.3 Å². The Hall–Kier alpha value is -1.10. The minimum absolute atomic E-state index is 0. The van der Waals surface area contributed by atoms with Gasteiger partial charge in [-0.25, -0.2) is 4.79 Å². The van der Waals surface area contributed by atoms with Gasteiger partial charge in [-0.2, -0.15) is 0 Å². The summed E-state index contributed by atoms with van der Waals surface area (Å²) in [5.41, 5.74) is 7.96. The summed E-state index contributed by atoms with van der Waals surface area (Å²) < 4.78 is 4.63. The molecule has 0 aliphatic heterocycles. The van der Waals surface area contributed by atoms with E-state index in [0.29, 0.717) is 11.5 Å². The molecule has 18 heavy (non-hydrogen) atoms. The van der Waals surface area contributed by atoms with E-state index in [0.717, 1.165) is 18.7 Å². The minimum atomic E-state index is -0.303. The van der Waals surface area contributed by atoms with Crippen LogP contribution in [0.5, 0.6) is 0 Å². The largest absolute Gasteiger partial charge is 0.465 e. The molecule has 102 valence electrons. The number of ether oxygens (including phenoxy) is 1. The first-order chi connectivity index (χ1) is 8.13. The van der Waals surface area contributed by atoms with Crippen molar-refractivity contribution in [3.8, 4) is 0 Å². The van der Waals surface area contributed by atoms with Gasteiger partial charge < -0.3 is 4.74 Å².